The van der Waals surface area contributed by atoms with Crippen LogP contribution in [0.15, 0.2) is 0 Å². The summed E-state index contributed by atoms with van der Waals surface area (Å²) in [5.74, 6) is -0.218. The third-order valence-corrected chi connectivity index (χ3v) is 1.13. The maximum Gasteiger partial charge on any atom is 0.159 e. The van der Waals surface area contributed by atoms with E-state index in [-0.39, 0.29) is 5.78 Å². The van der Waals surface area contributed by atoms with Crippen LogP contribution in [0.1, 0.15) is 6.92 Å². The van der Waals surface area contributed by atoms with E-state index in [9.17, 15) is 4.79 Å². The first-order valence-corrected chi connectivity index (χ1v) is 3.27. The summed E-state index contributed by atoms with van der Waals surface area (Å²) in [5, 5.41) is 11.7. The molecular formula is C6H14N2O2. The number of rotatable bonds is 5. The molecule has 0 aliphatic carbocycles. The lowest BCUT2D eigenvalue weighted by atomic mass is 10.2. The largest absolute Gasteiger partial charge is 0.384 e. The molecule has 0 aromatic carbocycles. The molecule has 60 valence electrons. The molecule has 0 spiro atoms. The van der Waals surface area contributed by atoms with Crippen LogP contribution in [0.4, 0.5) is 0 Å². The van der Waals surface area contributed by atoms with E-state index in [4.69, 9.17) is 10.8 Å². The Bertz CT molecular complexity index is 106. The Morgan fingerprint density at radius 1 is 1.80 bits per heavy atom. The minimum Gasteiger partial charge on any atom is -0.384 e. The number of hydrogen-bond donors (Lipinski definition) is 3. The fraction of sp³-hybridized carbons (Fsp3) is 0.833. The van der Waals surface area contributed by atoms with Crippen molar-refractivity contribution in [1.29, 1.82) is 0 Å². The molecule has 0 aromatic heterocycles. The van der Waals surface area contributed by atoms with Crippen LogP contribution in [0.25, 0.3) is 0 Å². The summed E-state index contributed by atoms with van der Waals surface area (Å²) in [6.07, 6.45) is -0.883. The first kappa shape index (κ1) is 9.55. The highest BCUT2D eigenvalue weighted by atomic mass is 16.3. The zero-order valence-electron chi connectivity index (χ0n) is 6.13. The van der Waals surface area contributed by atoms with Crippen LogP contribution in [0.2, 0.25) is 0 Å². The Labute approximate surface area is 60.4 Å². The van der Waals surface area contributed by atoms with Gasteiger partial charge in [0, 0.05) is 19.6 Å². The van der Waals surface area contributed by atoms with Gasteiger partial charge in [0.25, 0.3) is 0 Å². The molecule has 0 heterocycles. The first-order chi connectivity index (χ1) is 4.68. The molecule has 0 radical (unpaired) electrons. The molecule has 0 amide bonds. The molecule has 1 unspecified atom stereocenters. The van der Waals surface area contributed by atoms with E-state index in [0.717, 1.165) is 0 Å². The van der Waals surface area contributed by atoms with E-state index in [1.165, 1.54) is 6.92 Å². The van der Waals surface area contributed by atoms with Crippen molar-refractivity contribution >= 4 is 5.78 Å². The Balaban J connectivity index is 3.21. The van der Waals surface area contributed by atoms with Crippen molar-refractivity contribution in [3.05, 3.63) is 0 Å². The van der Waals surface area contributed by atoms with Gasteiger partial charge in [-0.05, 0) is 6.92 Å². The van der Waals surface area contributed by atoms with E-state index < -0.39 is 6.10 Å². The predicted octanol–water partition coefficient (Wildman–Crippen LogP) is -1.52. The molecule has 0 saturated heterocycles. The Kier molecular flexibility index (Phi) is 5.10. The second-order valence-electron chi connectivity index (χ2n) is 2.12. The maximum atomic E-state index is 10.4. The van der Waals surface area contributed by atoms with Gasteiger partial charge >= 0.3 is 0 Å². The average Bonchev–Trinajstić information content (AvgIpc) is 1.88. The van der Waals surface area contributed by atoms with Gasteiger partial charge in [-0.1, -0.05) is 0 Å². The van der Waals surface area contributed by atoms with Crippen molar-refractivity contribution in [1.82, 2.24) is 5.32 Å². The molecule has 0 saturated carbocycles. The van der Waals surface area contributed by atoms with E-state index in [0.29, 0.717) is 19.6 Å². The highest BCUT2D eigenvalue weighted by Gasteiger charge is 2.06. The lowest BCUT2D eigenvalue weighted by Crippen LogP contribution is -2.34. The number of ketones is 1. The zero-order valence-corrected chi connectivity index (χ0v) is 6.13. The Hall–Kier alpha value is -0.450. The normalized spacial score (nSPS) is 13.1. The van der Waals surface area contributed by atoms with Gasteiger partial charge in [-0.15, -0.1) is 0 Å². The van der Waals surface area contributed by atoms with Crippen LogP contribution in [0, 0.1) is 0 Å². The van der Waals surface area contributed by atoms with Gasteiger partial charge in [-0.2, -0.15) is 0 Å². The number of aliphatic hydroxyl groups is 1. The van der Waals surface area contributed by atoms with Crippen molar-refractivity contribution < 1.29 is 9.90 Å². The van der Waals surface area contributed by atoms with Crippen LogP contribution in [-0.2, 0) is 4.79 Å². The number of nitrogens with two attached hydrogens (primary N) is 1. The standard InChI is InChI=1S/C6H14N2O2/c1-5(9)6(10)4-8-3-2-7/h6,8,10H,2-4,7H2,1H3. The third-order valence-electron chi connectivity index (χ3n) is 1.13. The molecule has 0 aliphatic rings. The molecule has 4 N–H and O–H groups in total. The predicted molar refractivity (Wildman–Crippen MR) is 38.6 cm³/mol. The van der Waals surface area contributed by atoms with Gasteiger partial charge in [-0.25, -0.2) is 0 Å². The third kappa shape index (κ3) is 4.43. The van der Waals surface area contributed by atoms with Crippen molar-refractivity contribution in [2.45, 2.75) is 13.0 Å². The van der Waals surface area contributed by atoms with Crippen LogP contribution < -0.4 is 11.1 Å². The van der Waals surface area contributed by atoms with E-state index in [2.05, 4.69) is 5.32 Å². The van der Waals surface area contributed by atoms with E-state index in [1.54, 1.807) is 0 Å². The quantitative estimate of drug-likeness (QED) is 0.412. The molecule has 0 aromatic rings. The average molecular weight is 146 g/mol. The summed E-state index contributed by atoms with van der Waals surface area (Å²) >= 11 is 0. The van der Waals surface area contributed by atoms with Gasteiger partial charge in [-0.3, -0.25) is 4.79 Å². The number of carbonyl (C=O) groups is 1. The monoisotopic (exact) mass is 146 g/mol. The molecule has 0 fully saturated rings. The van der Waals surface area contributed by atoms with Gasteiger partial charge in [0.15, 0.2) is 5.78 Å². The first-order valence-electron chi connectivity index (χ1n) is 3.27. The molecule has 4 heteroatoms. The fourth-order valence-corrected chi connectivity index (χ4v) is 0.485. The van der Waals surface area contributed by atoms with Crippen LogP contribution >= 0.6 is 0 Å². The molecule has 0 aliphatic heterocycles. The van der Waals surface area contributed by atoms with Gasteiger partial charge in [0.1, 0.15) is 6.10 Å². The summed E-state index contributed by atoms with van der Waals surface area (Å²) in [4.78, 5) is 10.4. The van der Waals surface area contributed by atoms with Crippen LogP contribution in [0.3, 0.4) is 0 Å². The summed E-state index contributed by atoms with van der Waals surface area (Å²) in [7, 11) is 0. The highest BCUT2D eigenvalue weighted by molar-refractivity contribution is 5.80. The SMILES string of the molecule is CC(=O)C(O)CNCCN. The smallest absolute Gasteiger partial charge is 0.159 e. The minimum atomic E-state index is -0.883. The van der Waals surface area contributed by atoms with Crippen molar-refractivity contribution in [3.8, 4) is 0 Å². The van der Waals surface area contributed by atoms with Crippen LogP contribution in [-0.4, -0.2) is 36.6 Å². The van der Waals surface area contributed by atoms with Gasteiger partial charge in [0.2, 0.25) is 0 Å². The zero-order chi connectivity index (χ0) is 7.98. The molecular weight excluding hydrogens is 132 g/mol. The summed E-state index contributed by atoms with van der Waals surface area (Å²) in [5.41, 5.74) is 5.16. The molecule has 10 heavy (non-hydrogen) atoms. The number of hydrogen-bond acceptors (Lipinski definition) is 4. The van der Waals surface area contributed by atoms with E-state index >= 15 is 0 Å². The number of Topliss-reactive ketones (excluding diaryl/α,β-unsaturated/α-hetero) is 1. The lowest BCUT2D eigenvalue weighted by molar-refractivity contribution is -0.124. The summed E-state index contributed by atoms with van der Waals surface area (Å²) in [6.45, 7) is 2.80. The van der Waals surface area contributed by atoms with Crippen molar-refractivity contribution in [2.24, 2.45) is 5.73 Å². The molecule has 0 rings (SSSR count). The van der Waals surface area contributed by atoms with Gasteiger partial charge < -0.3 is 16.2 Å². The van der Waals surface area contributed by atoms with Crippen molar-refractivity contribution in [3.63, 3.8) is 0 Å². The molecule has 0 bridgehead atoms. The second-order valence-corrected chi connectivity index (χ2v) is 2.12. The number of nitrogens with one attached hydrogen (secondary N) is 1. The Morgan fingerprint density at radius 2 is 2.40 bits per heavy atom. The fourth-order valence-electron chi connectivity index (χ4n) is 0.485. The molecule has 4 nitrogen and oxygen atoms in total. The van der Waals surface area contributed by atoms with Gasteiger partial charge in [0.05, 0.1) is 0 Å². The topological polar surface area (TPSA) is 75.3 Å². The Morgan fingerprint density at radius 3 is 2.80 bits per heavy atom. The number of carbonyl (C=O) groups excluding carboxylic acids is 1. The van der Waals surface area contributed by atoms with E-state index in [1.807, 2.05) is 0 Å². The summed E-state index contributed by atoms with van der Waals surface area (Å²) in [6, 6.07) is 0. The summed E-state index contributed by atoms with van der Waals surface area (Å²) < 4.78 is 0. The molecule has 1 atom stereocenters. The highest BCUT2D eigenvalue weighted by Crippen LogP contribution is 1.80. The second kappa shape index (κ2) is 5.34. The lowest BCUT2D eigenvalue weighted by Gasteiger charge is -2.06. The minimum absolute atomic E-state index is 0.218. The van der Waals surface area contributed by atoms with Crippen molar-refractivity contribution in [2.75, 3.05) is 19.6 Å². The van der Waals surface area contributed by atoms with Crippen LogP contribution in [0.5, 0.6) is 0 Å². The number of aliphatic hydroxyl groups excluding tert-OH is 1. The maximum absolute atomic E-state index is 10.4.